The Balaban J connectivity index is 1.33. The lowest BCUT2D eigenvalue weighted by atomic mass is 9.99. The third kappa shape index (κ3) is 3.12. The van der Waals surface area contributed by atoms with Crippen LogP contribution in [0.1, 0.15) is 17.5 Å². The van der Waals surface area contributed by atoms with Gasteiger partial charge >= 0.3 is 0 Å². The van der Waals surface area contributed by atoms with Crippen LogP contribution in [-0.2, 0) is 6.54 Å². The maximum Gasteiger partial charge on any atom is 0.0998 e. The van der Waals surface area contributed by atoms with E-state index in [-0.39, 0.29) is 0 Å². The number of hydrogen-bond donors (Lipinski definition) is 0. The number of rotatable bonds is 4. The topological polar surface area (TPSA) is 33.5 Å². The van der Waals surface area contributed by atoms with Gasteiger partial charge in [-0.05, 0) is 53.1 Å². The molecule has 2 fully saturated rings. The molecule has 2 saturated heterocycles. The van der Waals surface area contributed by atoms with E-state index in [2.05, 4.69) is 83.4 Å². The second-order valence-electron chi connectivity index (χ2n) is 8.47. The Morgan fingerprint density at radius 1 is 0.931 bits per heavy atom. The Labute approximate surface area is 172 Å². The molecule has 0 amide bonds. The van der Waals surface area contributed by atoms with Crippen molar-refractivity contribution in [3.63, 3.8) is 0 Å². The molecule has 5 rings (SSSR count). The van der Waals surface area contributed by atoms with E-state index < -0.39 is 0 Å². The molecular formula is C25H26N4. The van der Waals surface area contributed by atoms with E-state index in [9.17, 15) is 5.26 Å². The molecule has 4 nitrogen and oxygen atoms in total. The van der Waals surface area contributed by atoms with Crippen molar-refractivity contribution in [2.45, 2.75) is 25.0 Å². The molecule has 2 aliphatic rings. The van der Waals surface area contributed by atoms with Crippen LogP contribution in [0, 0.1) is 11.3 Å². The number of benzene rings is 3. The Hall–Kier alpha value is -3.03. The van der Waals surface area contributed by atoms with Gasteiger partial charge in [0.15, 0.2) is 0 Å². The molecule has 29 heavy (non-hydrogen) atoms. The zero-order chi connectivity index (χ0) is 20.0. The van der Waals surface area contributed by atoms with Gasteiger partial charge in [-0.15, -0.1) is 0 Å². The summed E-state index contributed by atoms with van der Waals surface area (Å²) in [5.41, 5.74) is 4.67. The van der Waals surface area contributed by atoms with Crippen LogP contribution in [-0.4, -0.2) is 44.2 Å². The molecule has 2 aliphatic heterocycles. The Morgan fingerprint density at radius 2 is 1.69 bits per heavy atom. The lowest BCUT2D eigenvalue weighted by molar-refractivity contribution is 0.231. The molecule has 3 aromatic carbocycles. The van der Waals surface area contributed by atoms with E-state index >= 15 is 0 Å². The Morgan fingerprint density at radius 3 is 2.34 bits per heavy atom. The number of nitrogens with zero attached hydrogens (tertiary/aromatic N) is 4. The predicted octanol–water partition coefficient (Wildman–Crippen LogP) is 4.24. The average molecular weight is 383 g/mol. The minimum Gasteiger partial charge on any atom is -0.378 e. The van der Waals surface area contributed by atoms with Gasteiger partial charge in [-0.2, -0.15) is 5.26 Å². The fourth-order valence-corrected chi connectivity index (χ4v) is 5.02. The Bertz CT molecular complexity index is 1080. The van der Waals surface area contributed by atoms with E-state index in [0.29, 0.717) is 12.1 Å². The van der Waals surface area contributed by atoms with Crippen molar-refractivity contribution < 1.29 is 0 Å². The van der Waals surface area contributed by atoms with E-state index in [1.54, 1.807) is 0 Å². The molecule has 0 aromatic heterocycles. The van der Waals surface area contributed by atoms with Gasteiger partial charge in [0.1, 0.15) is 0 Å². The molecule has 0 aliphatic carbocycles. The molecule has 0 N–H and O–H groups in total. The molecule has 146 valence electrons. The third-order valence-electron chi connectivity index (χ3n) is 6.56. The summed E-state index contributed by atoms with van der Waals surface area (Å²) in [6.07, 6.45) is 1.24. The van der Waals surface area contributed by atoms with E-state index in [1.165, 1.54) is 28.7 Å². The van der Waals surface area contributed by atoms with Crippen LogP contribution in [0.4, 0.5) is 11.4 Å². The lowest BCUT2D eigenvalue weighted by Gasteiger charge is -2.36. The van der Waals surface area contributed by atoms with Crippen LogP contribution in [0.3, 0.4) is 0 Å². The number of fused-ring (bicyclic) bond motifs is 3. The third-order valence-corrected chi connectivity index (χ3v) is 6.56. The second kappa shape index (κ2) is 7.09. The molecule has 2 unspecified atom stereocenters. The summed E-state index contributed by atoms with van der Waals surface area (Å²) >= 11 is 0. The van der Waals surface area contributed by atoms with Gasteiger partial charge in [-0.1, -0.05) is 30.3 Å². The van der Waals surface area contributed by atoms with Crippen molar-refractivity contribution in [2.24, 2.45) is 0 Å². The van der Waals surface area contributed by atoms with Crippen LogP contribution >= 0.6 is 0 Å². The second-order valence-corrected chi connectivity index (χ2v) is 8.47. The Kier molecular flexibility index (Phi) is 4.41. The highest BCUT2D eigenvalue weighted by molar-refractivity contribution is 5.90. The predicted molar refractivity (Wildman–Crippen MR) is 119 cm³/mol. The van der Waals surface area contributed by atoms with Crippen molar-refractivity contribution in [2.75, 3.05) is 37.0 Å². The van der Waals surface area contributed by atoms with Gasteiger partial charge in [-0.3, -0.25) is 4.90 Å². The highest BCUT2D eigenvalue weighted by Crippen LogP contribution is 2.36. The summed E-state index contributed by atoms with van der Waals surface area (Å²) in [4.78, 5) is 7.35. The van der Waals surface area contributed by atoms with Crippen LogP contribution in [0.25, 0.3) is 10.8 Å². The number of nitriles is 1. The molecule has 3 aromatic rings. The molecule has 0 saturated carbocycles. The van der Waals surface area contributed by atoms with Crippen molar-refractivity contribution in [3.05, 3.63) is 71.8 Å². The first-order valence-electron chi connectivity index (χ1n) is 10.3. The summed E-state index contributed by atoms with van der Waals surface area (Å²) in [5.74, 6) is 0. The number of hydrogen-bond acceptors (Lipinski definition) is 4. The standard InChI is InChI=1S/C25H26N4/c1-27(2)20-9-11-21(12-10-20)29-17-22-13-23(29)16-28(22)15-19-8-7-18(14-26)24-5-3-4-6-25(19)24/h3-12,22-23H,13,15-17H2,1-2H3. The van der Waals surface area contributed by atoms with Gasteiger partial charge < -0.3 is 9.80 Å². The molecule has 2 atom stereocenters. The van der Waals surface area contributed by atoms with Gasteiger partial charge in [0, 0.05) is 57.2 Å². The fourth-order valence-electron chi connectivity index (χ4n) is 5.02. The van der Waals surface area contributed by atoms with E-state index in [4.69, 9.17) is 0 Å². The van der Waals surface area contributed by atoms with Gasteiger partial charge in [0.05, 0.1) is 11.6 Å². The zero-order valence-electron chi connectivity index (χ0n) is 17.0. The van der Waals surface area contributed by atoms with Crippen LogP contribution in [0.5, 0.6) is 0 Å². The SMILES string of the molecule is CN(C)c1ccc(N2CC3CC2CN3Cc2ccc(C#N)c3ccccc23)cc1. The normalized spacial score (nSPS) is 20.9. The number of anilines is 2. The van der Waals surface area contributed by atoms with E-state index in [0.717, 1.165) is 30.6 Å². The maximum absolute atomic E-state index is 9.41. The van der Waals surface area contributed by atoms with Crippen LogP contribution in [0.2, 0.25) is 0 Å². The molecular weight excluding hydrogens is 356 g/mol. The lowest BCUT2D eigenvalue weighted by Crippen LogP contribution is -2.46. The quantitative estimate of drug-likeness (QED) is 0.676. The monoisotopic (exact) mass is 382 g/mol. The first-order valence-corrected chi connectivity index (χ1v) is 10.3. The van der Waals surface area contributed by atoms with Crippen molar-refractivity contribution in [1.29, 1.82) is 5.26 Å². The number of piperazine rings is 1. The van der Waals surface area contributed by atoms with Crippen LogP contribution in [0.15, 0.2) is 60.7 Å². The minimum absolute atomic E-state index is 0.592. The van der Waals surface area contributed by atoms with E-state index in [1.807, 2.05) is 12.1 Å². The molecule has 0 spiro atoms. The summed E-state index contributed by atoms with van der Waals surface area (Å²) in [5, 5.41) is 11.7. The minimum atomic E-state index is 0.592. The zero-order valence-corrected chi connectivity index (χ0v) is 17.0. The first kappa shape index (κ1) is 18.0. The van der Waals surface area contributed by atoms with Crippen molar-refractivity contribution in [3.8, 4) is 6.07 Å². The van der Waals surface area contributed by atoms with Crippen molar-refractivity contribution >= 4 is 22.1 Å². The highest BCUT2D eigenvalue weighted by Gasteiger charge is 2.43. The van der Waals surface area contributed by atoms with Crippen molar-refractivity contribution in [1.82, 2.24) is 4.90 Å². The summed E-state index contributed by atoms with van der Waals surface area (Å²) in [6, 6.07) is 24.9. The van der Waals surface area contributed by atoms with Crippen LogP contribution < -0.4 is 9.80 Å². The average Bonchev–Trinajstić information content (AvgIpc) is 3.34. The number of likely N-dealkylation sites (tertiary alicyclic amines) is 1. The van der Waals surface area contributed by atoms with Gasteiger partial charge in [0.2, 0.25) is 0 Å². The largest absolute Gasteiger partial charge is 0.378 e. The smallest absolute Gasteiger partial charge is 0.0998 e. The fraction of sp³-hybridized carbons (Fsp3) is 0.320. The summed E-state index contributed by atoms with van der Waals surface area (Å²) < 4.78 is 0. The molecule has 0 radical (unpaired) electrons. The first-order chi connectivity index (χ1) is 14.1. The maximum atomic E-state index is 9.41. The van der Waals surface area contributed by atoms with Gasteiger partial charge in [0.25, 0.3) is 0 Å². The summed E-state index contributed by atoms with van der Waals surface area (Å²) in [7, 11) is 4.16. The molecule has 2 bridgehead atoms. The van der Waals surface area contributed by atoms with Gasteiger partial charge in [-0.25, -0.2) is 0 Å². The molecule has 4 heteroatoms. The highest BCUT2D eigenvalue weighted by atomic mass is 15.3. The molecule has 2 heterocycles. The summed E-state index contributed by atoms with van der Waals surface area (Å²) in [6.45, 7) is 3.16.